The third kappa shape index (κ3) is 2.99. The molecule has 31 heavy (non-hydrogen) atoms. The topological polar surface area (TPSA) is 103 Å². The first-order valence-corrected chi connectivity index (χ1v) is 10.2. The number of carbonyl (C=O) groups is 2. The Balaban J connectivity index is 1.72. The van der Waals surface area contributed by atoms with Crippen LogP contribution < -0.4 is 10.4 Å². The molecule has 2 aliphatic rings. The molecular weight excluding hydrogens is 494 g/mol. The van der Waals surface area contributed by atoms with Gasteiger partial charge in [-0.2, -0.15) is 0 Å². The van der Waals surface area contributed by atoms with Crippen LogP contribution in [0, 0.1) is 5.92 Å². The predicted molar refractivity (Wildman–Crippen MR) is 111 cm³/mol. The van der Waals surface area contributed by atoms with Crippen LogP contribution in [0.5, 0.6) is 11.5 Å². The third-order valence-corrected chi connectivity index (χ3v) is 6.24. The fourth-order valence-electron chi connectivity index (χ4n) is 3.98. The van der Waals surface area contributed by atoms with Gasteiger partial charge in [0.2, 0.25) is 0 Å². The summed E-state index contributed by atoms with van der Waals surface area (Å²) in [5, 5.41) is 11.3. The van der Waals surface area contributed by atoms with E-state index < -0.39 is 46.8 Å². The van der Waals surface area contributed by atoms with Crippen LogP contribution in [0.4, 0.5) is 0 Å². The van der Waals surface area contributed by atoms with E-state index in [-0.39, 0.29) is 42.4 Å². The summed E-state index contributed by atoms with van der Waals surface area (Å²) in [6, 6.07) is 5.47. The van der Waals surface area contributed by atoms with Crippen LogP contribution in [-0.2, 0) is 14.3 Å². The van der Waals surface area contributed by atoms with Crippen molar-refractivity contribution >= 4 is 69.3 Å². The van der Waals surface area contributed by atoms with Crippen molar-refractivity contribution in [2.75, 3.05) is 0 Å². The number of benzene rings is 2. The highest BCUT2D eigenvalue weighted by Gasteiger charge is 2.56. The molecule has 3 unspecified atom stereocenters. The molecule has 3 aromatic rings. The molecule has 0 spiro atoms. The lowest BCUT2D eigenvalue weighted by Crippen LogP contribution is -2.34. The zero-order valence-electron chi connectivity index (χ0n) is 15.0. The van der Waals surface area contributed by atoms with Crippen LogP contribution in [0.2, 0.25) is 20.1 Å². The average molecular weight is 502 g/mol. The Morgan fingerprint density at radius 2 is 1.55 bits per heavy atom. The molecule has 158 valence electrons. The first-order valence-electron chi connectivity index (χ1n) is 8.73. The summed E-state index contributed by atoms with van der Waals surface area (Å²) in [7, 11) is 0. The molecule has 1 fully saturated rings. The minimum absolute atomic E-state index is 0.000911. The summed E-state index contributed by atoms with van der Waals surface area (Å²) in [6.07, 6.45) is -1.12. The Morgan fingerprint density at radius 3 is 2.29 bits per heavy atom. The first-order chi connectivity index (χ1) is 14.7. The Hall–Kier alpha value is -2.45. The maximum absolute atomic E-state index is 12.8. The van der Waals surface area contributed by atoms with Crippen LogP contribution in [0.15, 0.2) is 33.5 Å². The van der Waals surface area contributed by atoms with Gasteiger partial charge in [0.05, 0.1) is 21.0 Å². The van der Waals surface area contributed by atoms with Crippen molar-refractivity contribution < 1.29 is 28.6 Å². The SMILES string of the molecule is O=C1OC2c3cc(Cl)cc(Cl)c3OC(=O)C2C1c1c(O)c2cc(Cl)cc(Cl)c2oc1=O. The Labute approximate surface area is 193 Å². The number of fused-ring (bicyclic) bond motifs is 4. The Morgan fingerprint density at radius 1 is 0.871 bits per heavy atom. The fourth-order valence-corrected chi connectivity index (χ4v) is 5.06. The molecule has 3 heterocycles. The fraction of sp³-hybridized carbons (Fsp3) is 0.150. The van der Waals surface area contributed by atoms with Gasteiger partial charge in [-0.3, -0.25) is 9.59 Å². The minimum atomic E-state index is -1.50. The number of hydrogen-bond donors (Lipinski definition) is 1. The molecule has 0 radical (unpaired) electrons. The van der Waals surface area contributed by atoms with Crippen molar-refractivity contribution in [2.24, 2.45) is 5.92 Å². The van der Waals surface area contributed by atoms with Crippen molar-refractivity contribution in [2.45, 2.75) is 12.0 Å². The highest BCUT2D eigenvalue weighted by atomic mass is 35.5. The Kier molecular flexibility index (Phi) is 4.64. The number of aromatic hydroxyl groups is 1. The van der Waals surface area contributed by atoms with Gasteiger partial charge in [-0.05, 0) is 24.3 Å². The van der Waals surface area contributed by atoms with Crippen molar-refractivity contribution in [3.8, 4) is 11.5 Å². The Bertz CT molecular complexity index is 1380. The number of carbonyl (C=O) groups excluding carboxylic acids is 2. The van der Waals surface area contributed by atoms with Crippen molar-refractivity contribution in [3.63, 3.8) is 0 Å². The second-order valence-electron chi connectivity index (χ2n) is 7.00. The molecule has 3 atom stereocenters. The van der Waals surface area contributed by atoms with Crippen LogP contribution in [0.3, 0.4) is 0 Å². The molecule has 1 saturated heterocycles. The standard InChI is InChI=1S/C20H8Cl4O7/c21-5-1-7-14(25)12(19(27)29-15(7)9(23)3-5)11-13-17(31-18(11)26)8-2-6(22)4-10(24)16(8)30-20(13)28/h1-4,11,13,17,25H. The van der Waals surface area contributed by atoms with Crippen molar-refractivity contribution in [3.05, 3.63) is 65.9 Å². The molecule has 2 aliphatic heterocycles. The molecule has 11 heteroatoms. The van der Waals surface area contributed by atoms with E-state index >= 15 is 0 Å². The molecule has 1 N–H and O–H groups in total. The smallest absolute Gasteiger partial charge is 0.344 e. The first kappa shape index (κ1) is 20.5. The molecular formula is C20H8Cl4O7. The van der Waals surface area contributed by atoms with E-state index in [1.54, 1.807) is 0 Å². The van der Waals surface area contributed by atoms with E-state index in [0.717, 1.165) is 0 Å². The van der Waals surface area contributed by atoms with Gasteiger partial charge in [0, 0.05) is 15.6 Å². The summed E-state index contributed by atoms with van der Waals surface area (Å²) in [5.41, 5.74) is -1.36. The number of rotatable bonds is 1. The second-order valence-corrected chi connectivity index (χ2v) is 8.69. The molecule has 0 bridgehead atoms. The van der Waals surface area contributed by atoms with Gasteiger partial charge >= 0.3 is 17.6 Å². The summed E-state index contributed by atoms with van der Waals surface area (Å²) < 4.78 is 16.0. The number of halogens is 4. The largest absolute Gasteiger partial charge is 0.507 e. The van der Waals surface area contributed by atoms with Gasteiger partial charge in [0.25, 0.3) is 0 Å². The van der Waals surface area contributed by atoms with E-state index in [9.17, 15) is 19.5 Å². The molecule has 7 nitrogen and oxygen atoms in total. The van der Waals surface area contributed by atoms with Gasteiger partial charge < -0.3 is 19.0 Å². The summed E-state index contributed by atoms with van der Waals surface area (Å²) in [4.78, 5) is 38.3. The maximum Gasteiger partial charge on any atom is 0.344 e. The zero-order chi connectivity index (χ0) is 22.2. The normalized spacial score (nSPS) is 22.1. The molecule has 0 saturated carbocycles. The zero-order valence-corrected chi connectivity index (χ0v) is 18.0. The van der Waals surface area contributed by atoms with E-state index in [0.29, 0.717) is 0 Å². The lowest BCUT2D eigenvalue weighted by molar-refractivity contribution is -0.145. The van der Waals surface area contributed by atoms with Crippen molar-refractivity contribution in [1.82, 2.24) is 0 Å². The molecule has 0 amide bonds. The van der Waals surface area contributed by atoms with E-state index in [4.69, 9.17) is 60.3 Å². The number of ether oxygens (including phenoxy) is 2. The van der Waals surface area contributed by atoms with Crippen LogP contribution in [-0.4, -0.2) is 17.0 Å². The molecule has 2 aromatic carbocycles. The van der Waals surface area contributed by atoms with Gasteiger partial charge in [-0.15, -0.1) is 0 Å². The van der Waals surface area contributed by atoms with Crippen molar-refractivity contribution in [1.29, 1.82) is 0 Å². The average Bonchev–Trinajstić information content (AvgIpc) is 3.02. The van der Waals surface area contributed by atoms with Gasteiger partial charge in [0.1, 0.15) is 23.7 Å². The van der Waals surface area contributed by atoms with Crippen LogP contribution in [0.1, 0.15) is 23.1 Å². The quantitative estimate of drug-likeness (QED) is 0.283. The third-order valence-electron chi connectivity index (χ3n) is 5.25. The van der Waals surface area contributed by atoms with Gasteiger partial charge in [-0.1, -0.05) is 46.4 Å². The van der Waals surface area contributed by atoms with Gasteiger partial charge in [-0.25, -0.2) is 4.79 Å². The second kappa shape index (κ2) is 7.03. The van der Waals surface area contributed by atoms with Crippen LogP contribution in [0.25, 0.3) is 11.0 Å². The lowest BCUT2D eigenvalue weighted by atomic mass is 9.81. The monoisotopic (exact) mass is 500 g/mol. The molecule has 0 aliphatic carbocycles. The highest BCUT2D eigenvalue weighted by molar-refractivity contribution is 6.38. The van der Waals surface area contributed by atoms with E-state index in [2.05, 4.69) is 0 Å². The predicted octanol–water partition coefficient (Wildman–Crippen LogP) is 5.03. The molecule has 1 aromatic heterocycles. The van der Waals surface area contributed by atoms with E-state index in [1.807, 2.05) is 0 Å². The maximum atomic E-state index is 12.8. The summed E-state index contributed by atoms with van der Waals surface area (Å²) >= 11 is 24.2. The van der Waals surface area contributed by atoms with Crippen LogP contribution >= 0.6 is 46.4 Å². The molecule has 5 rings (SSSR count). The number of hydrogen-bond acceptors (Lipinski definition) is 7. The minimum Gasteiger partial charge on any atom is -0.507 e. The summed E-state index contributed by atoms with van der Waals surface area (Å²) in [5.74, 6) is -5.15. The summed E-state index contributed by atoms with van der Waals surface area (Å²) in [6.45, 7) is 0. The number of esters is 2. The van der Waals surface area contributed by atoms with Gasteiger partial charge in [0.15, 0.2) is 11.3 Å². The lowest BCUT2D eigenvalue weighted by Gasteiger charge is -2.27. The van der Waals surface area contributed by atoms with E-state index in [1.165, 1.54) is 24.3 Å². The highest BCUT2D eigenvalue weighted by Crippen LogP contribution is 2.53.